The number of halogens is 2. The number of primary amides is 1. The van der Waals surface area contributed by atoms with Gasteiger partial charge < -0.3 is 11.1 Å². The minimum absolute atomic E-state index is 0.0143. The van der Waals surface area contributed by atoms with Gasteiger partial charge in [0.2, 0.25) is 5.91 Å². The van der Waals surface area contributed by atoms with Crippen molar-refractivity contribution in [3.05, 3.63) is 35.4 Å². The highest BCUT2D eigenvalue weighted by Crippen LogP contribution is 2.11. The Hall–Kier alpha value is -2.49. The van der Waals surface area contributed by atoms with Crippen molar-refractivity contribution in [1.82, 2.24) is 5.32 Å². The minimum Gasteiger partial charge on any atom is -0.368 e. The van der Waals surface area contributed by atoms with Crippen molar-refractivity contribution in [2.75, 3.05) is 0 Å². The summed E-state index contributed by atoms with van der Waals surface area (Å²) in [5.74, 6) is -4.09. The molecule has 0 saturated heterocycles. The summed E-state index contributed by atoms with van der Waals surface area (Å²) in [4.78, 5) is 23.0. The number of nitrogens with zero attached hydrogens (tertiary/aromatic N) is 1. The molecule has 0 aliphatic carbocycles. The summed E-state index contributed by atoms with van der Waals surface area (Å²) in [5.41, 5.74) is 4.71. The zero-order chi connectivity index (χ0) is 15.3. The van der Waals surface area contributed by atoms with E-state index in [9.17, 15) is 18.4 Å². The number of nitrogens with one attached hydrogen (secondary N) is 1. The molecule has 0 saturated carbocycles. The van der Waals surface area contributed by atoms with Crippen molar-refractivity contribution in [3.63, 3.8) is 0 Å². The SMILES string of the molecule is C[C@@H](C#N)C[C@@H](NC(=O)c1ccc(F)cc1F)C(N)=O. The number of carbonyl (C=O) groups is 2. The van der Waals surface area contributed by atoms with Crippen LogP contribution in [-0.2, 0) is 4.79 Å². The molecule has 0 bridgehead atoms. The maximum Gasteiger partial charge on any atom is 0.254 e. The van der Waals surface area contributed by atoms with Crippen LogP contribution in [0.2, 0.25) is 0 Å². The molecule has 0 heterocycles. The van der Waals surface area contributed by atoms with Crippen molar-refractivity contribution in [3.8, 4) is 6.07 Å². The van der Waals surface area contributed by atoms with Gasteiger partial charge in [0.25, 0.3) is 5.91 Å². The lowest BCUT2D eigenvalue weighted by Gasteiger charge is -2.16. The number of rotatable bonds is 5. The van der Waals surface area contributed by atoms with Gasteiger partial charge in [-0.3, -0.25) is 9.59 Å². The zero-order valence-corrected chi connectivity index (χ0v) is 10.7. The van der Waals surface area contributed by atoms with E-state index in [-0.39, 0.29) is 6.42 Å². The Balaban J connectivity index is 2.86. The van der Waals surface area contributed by atoms with Gasteiger partial charge in [-0.15, -0.1) is 0 Å². The van der Waals surface area contributed by atoms with Crippen molar-refractivity contribution in [2.45, 2.75) is 19.4 Å². The van der Waals surface area contributed by atoms with Crippen LogP contribution in [0.3, 0.4) is 0 Å². The smallest absolute Gasteiger partial charge is 0.254 e. The highest BCUT2D eigenvalue weighted by Gasteiger charge is 2.23. The Morgan fingerprint density at radius 3 is 2.60 bits per heavy atom. The minimum atomic E-state index is -1.10. The zero-order valence-electron chi connectivity index (χ0n) is 10.7. The van der Waals surface area contributed by atoms with E-state index in [0.29, 0.717) is 6.07 Å². The van der Waals surface area contributed by atoms with E-state index in [1.54, 1.807) is 6.92 Å². The first-order chi connectivity index (χ1) is 9.35. The molecule has 1 rings (SSSR count). The summed E-state index contributed by atoms with van der Waals surface area (Å²) in [6.07, 6.45) is 0.0143. The number of benzene rings is 1. The van der Waals surface area contributed by atoms with Crippen molar-refractivity contribution >= 4 is 11.8 Å². The molecule has 7 heteroatoms. The van der Waals surface area contributed by atoms with E-state index in [2.05, 4.69) is 5.32 Å². The lowest BCUT2D eigenvalue weighted by molar-refractivity contribution is -0.120. The lowest BCUT2D eigenvalue weighted by Crippen LogP contribution is -2.45. The van der Waals surface area contributed by atoms with Gasteiger partial charge in [-0.25, -0.2) is 8.78 Å². The van der Waals surface area contributed by atoms with Crippen LogP contribution < -0.4 is 11.1 Å². The normalized spacial score (nSPS) is 13.1. The number of nitriles is 1. The van der Waals surface area contributed by atoms with Crippen molar-refractivity contribution < 1.29 is 18.4 Å². The Morgan fingerprint density at radius 1 is 1.45 bits per heavy atom. The van der Waals surface area contributed by atoms with Gasteiger partial charge in [0.1, 0.15) is 17.7 Å². The molecule has 1 aromatic rings. The summed E-state index contributed by atoms with van der Waals surface area (Å²) in [6.45, 7) is 1.56. The first kappa shape index (κ1) is 15.6. The predicted octanol–water partition coefficient (Wildman–Crippen LogP) is 1.10. The summed E-state index contributed by atoms with van der Waals surface area (Å²) in [7, 11) is 0. The van der Waals surface area contributed by atoms with E-state index in [0.717, 1.165) is 12.1 Å². The quantitative estimate of drug-likeness (QED) is 0.845. The molecular weight excluding hydrogens is 268 g/mol. The molecule has 106 valence electrons. The maximum absolute atomic E-state index is 13.4. The Kier molecular flexibility index (Phi) is 5.15. The third-order valence-electron chi connectivity index (χ3n) is 2.63. The fraction of sp³-hybridized carbons (Fsp3) is 0.308. The number of hydrogen-bond acceptors (Lipinski definition) is 3. The van der Waals surface area contributed by atoms with Crippen LogP contribution in [0.15, 0.2) is 18.2 Å². The molecule has 0 unspecified atom stereocenters. The molecule has 1 aromatic carbocycles. The average molecular weight is 281 g/mol. The molecule has 0 aromatic heterocycles. The first-order valence-electron chi connectivity index (χ1n) is 5.80. The summed E-state index contributed by atoms with van der Waals surface area (Å²) < 4.78 is 26.1. The average Bonchev–Trinajstić information content (AvgIpc) is 2.37. The van der Waals surface area contributed by atoms with Gasteiger partial charge in [-0.05, 0) is 25.5 Å². The van der Waals surface area contributed by atoms with Crippen LogP contribution in [0.1, 0.15) is 23.7 Å². The van der Waals surface area contributed by atoms with E-state index < -0.39 is 41.0 Å². The van der Waals surface area contributed by atoms with Crippen LogP contribution in [0.5, 0.6) is 0 Å². The molecule has 0 radical (unpaired) electrons. The Bertz CT molecular complexity index is 569. The van der Waals surface area contributed by atoms with Gasteiger partial charge in [0.15, 0.2) is 0 Å². The van der Waals surface area contributed by atoms with Gasteiger partial charge in [-0.2, -0.15) is 5.26 Å². The summed E-state index contributed by atoms with van der Waals surface area (Å²) >= 11 is 0. The van der Waals surface area contributed by atoms with Crippen LogP contribution in [-0.4, -0.2) is 17.9 Å². The molecule has 3 N–H and O–H groups in total. The van der Waals surface area contributed by atoms with E-state index in [1.165, 1.54) is 0 Å². The fourth-order valence-electron chi connectivity index (χ4n) is 1.56. The topological polar surface area (TPSA) is 96.0 Å². The third-order valence-corrected chi connectivity index (χ3v) is 2.63. The second-order valence-electron chi connectivity index (χ2n) is 4.32. The van der Waals surface area contributed by atoms with Crippen LogP contribution in [0, 0.1) is 28.9 Å². The van der Waals surface area contributed by atoms with Crippen molar-refractivity contribution in [2.24, 2.45) is 11.7 Å². The van der Waals surface area contributed by atoms with Gasteiger partial charge in [0, 0.05) is 12.0 Å². The third kappa shape index (κ3) is 4.02. The van der Waals surface area contributed by atoms with E-state index >= 15 is 0 Å². The molecule has 0 spiro atoms. The Morgan fingerprint density at radius 2 is 2.10 bits per heavy atom. The van der Waals surface area contributed by atoms with Crippen LogP contribution >= 0.6 is 0 Å². The second kappa shape index (κ2) is 6.61. The van der Waals surface area contributed by atoms with Crippen LogP contribution in [0.25, 0.3) is 0 Å². The fourth-order valence-corrected chi connectivity index (χ4v) is 1.56. The second-order valence-corrected chi connectivity index (χ2v) is 4.32. The maximum atomic E-state index is 13.4. The number of hydrogen-bond donors (Lipinski definition) is 2. The molecule has 20 heavy (non-hydrogen) atoms. The lowest BCUT2D eigenvalue weighted by atomic mass is 10.0. The highest BCUT2D eigenvalue weighted by atomic mass is 19.1. The number of nitrogens with two attached hydrogens (primary N) is 1. The van der Waals surface area contributed by atoms with Gasteiger partial charge in [-0.1, -0.05) is 0 Å². The van der Waals surface area contributed by atoms with Crippen molar-refractivity contribution in [1.29, 1.82) is 5.26 Å². The summed E-state index contributed by atoms with van der Waals surface area (Å²) in [5, 5.41) is 10.9. The summed E-state index contributed by atoms with van der Waals surface area (Å²) in [6, 6.07) is 3.26. The Labute approximate surface area is 114 Å². The molecule has 2 atom stereocenters. The van der Waals surface area contributed by atoms with Gasteiger partial charge >= 0.3 is 0 Å². The van der Waals surface area contributed by atoms with Crippen LogP contribution in [0.4, 0.5) is 8.78 Å². The molecule has 5 nitrogen and oxygen atoms in total. The van der Waals surface area contributed by atoms with E-state index in [1.807, 2.05) is 6.07 Å². The van der Waals surface area contributed by atoms with Gasteiger partial charge in [0.05, 0.1) is 11.6 Å². The van der Waals surface area contributed by atoms with E-state index in [4.69, 9.17) is 11.0 Å². The number of amides is 2. The predicted molar refractivity (Wildman–Crippen MR) is 66.2 cm³/mol. The monoisotopic (exact) mass is 281 g/mol. The molecule has 2 amide bonds. The standard InChI is InChI=1S/C13H13F2N3O2/c1-7(6-16)4-11(12(17)19)18-13(20)9-3-2-8(14)5-10(9)15/h2-3,5,7,11H,4H2,1H3,(H2,17,19)(H,18,20)/t7-,11-/m1/s1. The first-order valence-corrected chi connectivity index (χ1v) is 5.80. The molecule has 0 aliphatic rings. The molecular formula is C13H13F2N3O2. The highest BCUT2D eigenvalue weighted by molar-refractivity contribution is 5.97. The largest absolute Gasteiger partial charge is 0.368 e. The molecule has 0 fully saturated rings. The molecule has 0 aliphatic heterocycles. The number of carbonyl (C=O) groups excluding carboxylic acids is 2.